The summed E-state index contributed by atoms with van der Waals surface area (Å²) in [5.74, 6) is 1.10. The molecule has 1 amide bonds. The number of nitrogens with zero attached hydrogens (tertiary/aromatic N) is 1. The summed E-state index contributed by atoms with van der Waals surface area (Å²) in [6.07, 6.45) is 4.27. The van der Waals surface area contributed by atoms with Crippen LogP contribution in [0.5, 0.6) is 17.2 Å². The van der Waals surface area contributed by atoms with Crippen LogP contribution >= 0.6 is 11.6 Å². The van der Waals surface area contributed by atoms with Gasteiger partial charge >= 0.3 is 5.97 Å². The number of carbonyl (C=O) groups excluding carboxylic acids is 2. The highest BCUT2D eigenvalue weighted by Crippen LogP contribution is 2.58. The number of fused-ring (bicyclic) bond motifs is 8. The Bertz CT molecular complexity index is 1790. The van der Waals surface area contributed by atoms with Crippen LogP contribution in [-0.4, -0.2) is 69.9 Å². The summed E-state index contributed by atoms with van der Waals surface area (Å²) in [5.41, 5.74) is 2.27. The largest absolute Gasteiger partial charge is 0.508 e. The molecular weight excluding hydrogens is 620 g/mol. The zero-order chi connectivity index (χ0) is 33.0. The zero-order valence-electron chi connectivity index (χ0n) is 26.6. The van der Waals surface area contributed by atoms with E-state index in [2.05, 4.69) is 5.32 Å². The van der Waals surface area contributed by atoms with Gasteiger partial charge in [0, 0.05) is 72.5 Å². The number of hydrogen-bond donors (Lipinski definition) is 2. The number of halogens is 1. The molecule has 4 aromatic rings. The molecule has 2 N–H and O–H groups in total. The minimum Gasteiger partial charge on any atom is -0.508 e. The van der Waals surface area contributed by atoms with E-state index in [9.17, 15) is 14.7 Å². The van der Waals surface area contributed by atoms with Gasteiger partial charge in [0.05, 0.1) is 25.4 Å². The van der Waals surface area contributed by atoms with Crippen molar-refractivity contribution < 1.29 is 33.6 Å². The number of aromatic hydroxyl groups is 1. The van der Waals surface area contributed by atoms with E-state index < -0.39 is 11.6 Å². The maximum absolute atomic E-state index is 13.6. The number of amides is 1. The van der Waals surface area contributed by atoms with Gasteiger partial charge in [0.25, 0.3) is 5.91 Å². The molecule has 4 aromatic carbocycles. The van der Waals surface area contributed by atoms with Crippen LogP contribution in [0, 0.1) is 0 Å². The predicted octanol–water partition coefficient (Wildman–Crippen LogP) is 6.74. The summed E-state index contributed by atoms with van der Waals surface area (Å²) in [7, 11) is 3.89. The zero-order valence-corrected chi connectivity index (χ0v) is 27.4. The van der Waals surface area contributed by atoms with E-state index in [1.165, 1.54) is 0 Å². The van der Waals surface area contributed by atoms with Gasteiger partial charge in [0.1, 0.15) is 17.2 Å². The van der Waals surface area contributed by atoms with Gasteiger partial charge in [-0.05, 0) is 66.8 Å². The molecule has 0 saturated carbocycles. The van der Waals surface area contributed by atoms with E-state index in [4.69, 9.17) is 30.5 Å². The van der Waals surface area contributed by atoms with Gasteiger partial charge in [0.15, 0.2) is 5.60 Å². The molecule has 1 unspecified atom stereocenters. The topological polar surface area (TPSA) is 107 Å². The van der Waals surface area contributed by atoms with Crippen molar-refractivity contribution >= 4 is 39.9 Å². The molecule has 2 heterocycles. The van der Waals surface area contributed by atoms with Crippen LogP contribution in [0.1, 0.15) is 63.1 Å². The standard InChI is InChI=1S/C37H39ClN2O7/c1-40(2)26-9-14-31-33(23-26)46-34-28-11-10-27(41)21-24(28)7-13-32(34)37(31)30-12-8-25(22-29(30)36(43)47-37)35(42)39-16-18-45-20-19-44-17-6-4-3-5-15-38/h7-14,21-23,41H,3-6,15-20H2,1-2H3,(H,39,42). The lowest BCUT2D eigenvalue weighted by Gasteiger charge is -2.37. The number of esters is 1. The Morgan fingerprint density at radius 3 is 2.45 bits per heavy atom. The molecule has 47 heavy (non-hydrogen) atoms. The molecule has 0 saturated heterocycles. The van der Waals surface area contributed by atoms with Crippen LogP contribution in [-0.2, 0) is 19.8 Å². The summed E-state index contributed by atoms with van der Waals surface area (Å²) in [6.45, 7) is 2.31. The number of nitrogens with one attached hydrogen (secondary N) is 1. The molecule has 246 valence electrons. The van der Waals surface area contributed by atoms with Crippen LogP contribution in [0.15, 0.2) is 66.7 Å². The number of ether oxygens (including phenoxy) is 4. The highest BCUT2D eigenvalue weighted by molar-refractivity contribution is 6.17. The van der Waals surface area contributed by atoms with Gasteiger partial charge < -0.3 is 34.3 Å². The van der Waals surface area contributed by atoms with Gasteiger partial charge in [-0.2, -0.15) is 0 Å². The molecule has 1 atom stereocenters. The number of unbranched alkanes of at least 4 members (excludes halogenated alkanes) is 3. The van der Waals surface area contributed by atoms with Crippen molar-refractivity contribution in [1.82, 2.24) is 5.32 Å². The van der Waals surface area contributed by atoms with Crippen molar-refractivity contribution in [2.75, 3.05) is 57.8 Å². The number of anilines is 1. The number of alkyl halides is 1. The van der Waals surface area contributed by atoms with Crippen LogP contribution in [0.4, 0.5) is 5.69 Å². The summed E-state index contributed by atoms with van der Waals surface area (Å²) in [6, 6.07) is 19.7. The third-order valence-corrected chi connectivity index (χ3v) is 8.88. The summed E-state index contributed by atoms with van der Waals surface area (Å²) < 4.78 is 24.1. The molecule has 1 spiro atoms. The van der Waals surface area contributed by atoms with E-state index in [0.717, 1.165) is 42.1 Å². The molecule has 0 fully saturated rings. The number of rotatable bonds is 14. The molecule has 0 aromatic heterocycles. The Morgan fingerprint density at radius 1 is 0.872 bits per heavy atom. The van der Waals surface area contributed by atoms with Crippen molar-refractivity contribution in [2.24, 2.45) is 0 Å². The Hall–Kier alpha value is -4.31. The van der Waals surface area contributed by atoms with Crippen molar-refractivity contribution in [3.05, 3.63) is 94.5 Å². The number of phenolic OH excluding ortho intramolecular Hbond substituents is 1. The van der Waals surface area contributed by atoms with Gasteiger partial charge in [-0.15, -0.1) is 11.6 Å². The van der Waals surface area contributed by atoms with Crippen molar-refractivity contribution in [3.63, 3.8) is 0 Å². The minimum atomic E-state index is -1.29. The van der Waals surface area contributed by atoms with Gasteiger partial charge in [0.2, 0.25) is 0 Å². The van der Waals surface area contributed by atoms with E-state index in [1.54, 1.807) is 36.4 Å². The van der Waals surface area contributed by atoms with Crippen molar-refractivity contribution in [2.45, 2.75) is 31.3 Å². The summed E-state index contributed by atoms with van der Waals surface area (Å²) >= 11 is 5.69. The fourth-order valence-corrected chi connectivity index (χ4v) is 6.41. The summed E-state index contributed by atoms with van der Waals surface area (Å²) in [4.78, 5) is 28.7. The van der Waals surface area contributed by atoms with Crippen LogP contribution in [0.2, 0.25) is 0 Å². The molecular formula is C37H39ClN2O7. The lowest BCUT2D eigenvalue weighted by molar-refractivity contribution is 0.0225. The third kappa shape index (κ3) is 6.48. The van der Waals surface area contributed by atoms with E-state index >= 15 is 0 Å². The normalized spacial score (nSPS) is 15.9. The molecule has 2 aliphatic rings. The molecule has 6 rings (SSSR count). The molecule has 0 radical (unpaired) electrons. The van der Waals surface area contributed by atoms with Crippen LogP contribution < -0.4 is 15.0 Å². The smallest absolute Gasteiger partial charge is 0.340 e. The third-order valence-electron chi connectivity index (χ3n) is 8.61. The first-order valence-electron chi connectivity index (χ1n) is 16.0. The second kappa shape index (κ2) is 14.2. The van der Waals surface area contributed by atoms with Crippen LogP contribution in [0.3, 0.4) is 0 Å². The Morgan fingerprint density at radius 2 is 1.64 bits per heavy atom. The first kappa shape index (κ1) is 32.6. The fourth-order valence-electron chi connectivity index (χ4n) is 6.22. The van der Waals surface area contributed by atoms with Crippen molar-refractivity contribution in [1.29, 1.82) is 0 Å². The van der Waals surface area contributed by atoms with Gasteiger partial charge in [-0.1, -0.05) is 25.0 Å². The lowest BCUT2D eigenvalue weighted by Crippen LogP contribution is -2.33. The maximum atomic E-state index is 13.6. The number of phenols is 1. The fraction of sp³-hybridized carbons (Fsp3) is 0.351. The molecule has 0 aliphatic carbocycles. The van der Waals surface area contributed by atoms with E-state index in [-0.39, 0.29) is 11.7 Å². The molecule has 2 aliphatic heterocycles. The average molecular weight is 659 g/mol. The summed E-state index contributed by atoms with van der Waals surface area (Å²) in [5, 5.41) is 14.5. The number of carbonyl (C=O) groups is 2. The quantitative estimate of drug-likeness (QED) is 0.0872. The predicted molar refractivity (Wildman–Crippen MR) is 181 cm³/mol. The SMILES string of the molecule is CN(C)c1ccc2c(c1)Oc1c(ccc3cc(O)ccc13)C21OC(=O)c2cc(C(=O)NCCOCCOCCCCCCCl)ccc21. The highest BCUT2D eigenvalue weighted by atomic mass is 35.5. The maximum Gasteiger partial charge on any atom is 0.340 e. The lowest BCUT2D eigenvalue weighted by atomic mass is 9.76. The average Bonchev–Trinajstić information content (AvgIpc) is 3.36. The van der Waals surface area contributed by atoms with Gasteiger partial charge in [-0.3, -0.25) is 4.79 Å². The van der Waals surface area contributed by atoms with Crippen LogP contribution in [0.25, 0.3) is 10.8 Å². The van der Waals surface area contributed by atoms with Crippen molar-refractivity contribution in [3.8, 4) is 17.2 Å². The molecule has 0 bridgehead atoms. The minimum absolute atomic E-state index is 0.141. The van der Waals surface area contributed by atoms with E-state index in [0.29, 0.717) is 78.2 Å². The second-order valence-corrected chi connectivity index (χ2v) is 12.3. The van der Waals surface area contributed by atoms with Gasteiger partial charge in [-0.25, -0.2) is 4.79 Å². The Balaban J connectivity index is 1.20. The molecule has 10 heteroatoms. The number of benzene rings is 4. The highest BCUT2D eigenvalue weighted by Gasteiger charge is 2.54. The second-order valence-electron chi connectivity index (χ2n) is 11.9. The first-order valence-corrected chi connectivity index (χ1v) is 16.5. The number of hydrogen-bond acceptors (Lipinski definition) is 8. The molecule has 9 nitrogen and oxygen atoms in total. The monoisotopic (exact) mass is 658 g/mol. The Labute approximate surface area is 279 Å². The van der Waals surface area contributed by atoms with E-state index in [1.807, 2.05) is 49.3 Å². The first-order chi connectivity index (χ1) is 22.8. The Kier molecular flexibility index (Phi) is 9.87.